The van der Waals surface area contributed by atoms with Crippen LogP contribution in [0.1, 0.15) is 34.1 Å². The molecule has 11 heteroatoms. The third-order valence-electron chi connectivity index (χ3n) is 5.36. The molecule has 0 unspecified atom stereocenters. The fourth-order valence-corrected chi connectivity index (χ4v) is 4.29. The molecule has 0 bridgehead atoms. The third-order valence-corrected chi connectivity index (χ3v) is 6.15. The van der Waals surface area contributed by atoms with E-state index in [1.54, 1.807) is 30.3 Å². The molecule has 3 aromatic carbocycles. The number of imide groups is 1. The van der Waals surface area contributed by atoms with Crippen LogP contribution in [0.2, 0.25) is 10.0 Å². The Kier molecular flexibility index (Phi) is 8.36. The van der Waals surface area contributed by atoms with Gasteiger partial charge >= 0.3 is 5.97 Å². The number of amides is 3. The fraction of sp³-hybridized carbons (Fsp3) is 0.111. The van der Waals surface area contributed by atoms with Gasteiger partial charge in [-0.3, -0.25) is 14.4 Å². The smallest absolute Gasteiger partial charge is 0.338 e. The van der Waals surface area contributed by atoms with E-state index in [0.29, 0.717) is 45.6 Å². The molecule has 194 valence electrons. The highest BCUT2D eigenvalue weighted by Crippen LogP contribution is 2.30. The molecule has 1 aliphatic heterocycles. The Bertz CT molecular complexity index is 1430. The van der Waals surface area contributed by atoms with E-state index in [9.17, 15) is 19.2 Å². The zero-order valence-electron chi connectivity index (χ0n) is 19.9. The summed E-state index contributed by atoms with van der Waals surface area (Å²) in [7, 11) is 0. The van der Waals surface area contributed by atoms with Crippen molar-refractivity contribution >= 4 is 75.6 Å². The first-order valence-electron chi connectivity index (χ1n) is 11.4. The van der Waals surface area contributed by atoms with Gasteiger partial charge < -0.3 is 15.4 Å². The Hall–Kier alpha value is -3.85. The molecule has 3 amide bonds. The van der Waals surface area contributed by atoms with Gasteiger partial charge in [0.15, 0.2) is 0 Å². The summed E-state index contributed by atoms with van der Waals surface area (Å²) in [4.78, 5) is 51.3. The first-order chi connectivity index (χ1) is 18.2. The van der Waals surface area contributed by atoms with Crippen molar-refractivity contribution < 1.29 is 23.9 Å². The largest absolute Gasteiger partial charge is 0.462 e. The zero-order chi connectivity index (χ0) is 27.4. The number of hydrogen-bond acceptors (Lipinski definition) is 6. The number of benzene rings is 3. The number of carbonyl (C=O) groups excluding carboxylic acids is 4. The maximum Gasteiger partial charge on any atom is 0.338 e. The average molecular weight is 573 g/mol. The fourth-order valence-electron chi connectivity index (χ4n) is 3.55. The molecule has 3 aromatic rings. The minimum absolute atomic E-state index is 0.117. The van der Waals surface area contributed by atoms with E-state index >= 15 is 0 Å². The summed E-state index contributed by atoms with van der Waals surface area (Å²) < 4.78 is 5.09. The second-order valence-corrected chi connectivity index (χ2v) is 9.38. The van der Waals surface area contributed by atoms with Crippen LogP contribution in [0.5, 0.6) is 0 Å². The van der Waals surface area contributed by atoms with Crippen molar-refractivity contribution in [1.29, 1.82) is 0 Å². The standard InChI is InChI=1S/C27H20Cl3N3O5/c1-2-11-38-27(37)16-5-9-21(10-6-16)33-25(35)22(30)23(26(33)36)31-19-7-3-15(4-8-19)24(34)32-20-13-17(28)12-18(29)14-20/h3-10,12-14,31H,2,11H2,1H3,(H,32,34). The second kappa shape index (κ2) is 11.7. The van der Waals surface area contributed by atoms with E-state index < -0.39 is 23.7 Å². The number of rotatable bonds is 8. The summed E-state index contributed by atoms with van der Waals surface area (Å²) in [5, 5.41) is 6.03. The van der Waals surface area contributed by atoms with Crippen LogP contribution in [0.4, 0.5) is 17.1 Å². The normalized spacial score (nSPS) is 13.1. The zero-order valence-corrected chi connectivity index (χ0v) is 22.2. The van der Waals surface area contributed by atoms with E-state index in [-0.39, 0.29) is 16.4 Å². The maximum absolute atomic E-state index is 13.0. The molecule has 0 radical (unpaired) electrons. The molecule has 1 aliphatic rings. The minimum atomic E-state index is -0.711. The van der Waals surface area contributed by atoms with Crippen molar-refractivity contribution in [2.24, 2.45) is 0 Å². The van der Waals surface area contributed by atoms with Gasteiger partial charge in [0.25, 0.3) is 17.7 Å². The first-order valence-corrected chi connectivity index (χ1v) is 12.5. The molecule has 0 saturated heterocycles. The number of anilines is 3. The van der Waals surface area contributed by atoms with Crippen LogP contribution in [-0.4, -0.2) is 30.3 Å². The van der Waals surface area contributed by atoms with Gasteiger partial charge in [0.2, 0.25) is 0 Å². The van der Waals surface area contributed by atoms with E-state index in [4.69, 9.17) is 39.5 Å². The molecular weight excluding hydrogens is 553 g/mol. The molecule has 0 atom stereocenters. The second-order valence-electron chi connectivity index (χ2n) is 8.13. The third kappa shape index (κ3) is 5.99. The number of nitrogens with zero attached hydrogens (tertiary/aromatic N) is 1. The van der Waals surface area contributed by atoms with Crippen molar-refractivity contribution in [3.05, 3.63) is 98.6 Å². The average Bonchev–Trinajstić information content (AvgIpc) is 3.10. The predicted molar refractivity (Wildman–Crippen MR) is 147 cm³/mol. The van der Waals surface area contributed by atoms with Crippen LogP contribution in [0.3, 0.4) is 0 Å². The summed E-state index contributed by atoms with van der Waals surface area (Å²) >= 11 is 18.1. The van der Waals surface area contributed by atoms with Gasteiger partial charge in [0, 0.05) is 27.0 Å². The van der Waals surface area contributed by atoms with Crippen LogP contribution in [0.25, 0.3) is 0 Å². The Morgan fingerprint density at radius 2 is 1.42 bits per heavy atom. The van der Waals surface area contributed by atoms with E-state index in [1.165, 1.54) is 36.4 Å². The van der Waals surface area contributed by atoms with Crippen LogP contribution in [-0.2, 0) is 14.3 Å². The van der Waals surface area contributed by atoms with E-state index in [0.717, 1.165) is 4.90 Å². The molecule has 0 fully saturated rings. The topological polar surface area (TPSA) is 105 Å². The lowest BCUT2D eigenvalue weighted by Gasteiger charge is -2.15. The lowest BCUT2D eigenvalue weighted by molar-refractivity contribution is -0.120. The van der Waals surface area contributed by atoms with Crippen LogP contribution < -0.4 is 15.5 Å². The van der Waals surface area contributed by atoms with Crippen molar-refractivity contribution in [1.82, 2.24) is 0 Å². The number of ether oxygens (including phenoxy) is 1. The Labute approximate surface area is 233 Å². The van der Waals surface area contributed by atoms with Crippen molar-refractivity contribution in [2.45, 2.75) is 13.3 Å². The highest BCUT2D eigenvalue weighted by molar-refractivity contribution is 6.53. The SMILES string of the molecule is CCCOC(=O)c1ccc(N2C(=O)C(Cl)=C(Nc3ccc(C(=O)Nc4cc(Cl)cc(Cl)c4)cc3)C2=O)cc1. The summed E-state index contributed by atoms with van der Waals surface area (Å²) in [6.45, 7) is 2.18. The van der Waals surface area contributed by atoms with E-state index in [2.05, 4.69) is 10.6 Å². The van der Waals surface area contributed by atoms with Crippen LogP contribution in [0, 0.1) is 0 Å². The van der Waals surface area contributed by atoms with Gasteiger partial charge in [0.1, 0.15) is 10.7 Å². The van der Waals surface area contributed by atoms with Gasteiger partial charge in [-0.2, -0.15) is 0 Å². The molecule has 0 aliphatic carbocycles. The van der Waals surface area contributed by atoms with Crippen LogP contribution in [0.15, 0.2) is 77.5 Å². The maximum atomic E-state index is 13.0. The highest BCUT2D eigenvalue weighted by Gasteiger charge is 2.39. The van der Waals surface area contributed by atoms with Crippen molar-refractivity contribution in [2.75, 3.05) is 22.1 Å². The molecule has 2 N–H and O–H groups in total. The minimum Gasteiger partial charge on any atom is -0.462 e. The summed E-state index contributed by atoms with van der Waals surface area (Å²) in [6, 6.07) is 16.7. The van der Waals surface area contributed by atoms with Gasteiger partial charge in [-0.25, -0.2) is 9.69 Å². The van der Waals surface area contributed by atoms with Gasteiger partial charge in [-0.1, -0.05) is 41.7 Å². The van der Waals surface area contributed by atoms with E-state index in [1.807, 2.05) is 6.92 Å². The summed E-state index contributed by atoms with van der Waals surface area (Å²) in [6.07, 6.45) is 0.689. The van der Waals surface area contributed by atoms with Crippen LogP contribution >= 0.6 is 34.8 Å². The monoisotopic (exact) mass is 571 g/mol. The van der Waals surface area contributed by atoms with Gasteiger partial charge in [-0.05, 0) is 73.2 Å². The lowest BCUT2D eigenvalue weighted by Crippen LogP contribution is -2.32. The summed E-state index contributed by atoms with van der Waals surface area (Å²) in [5.41, 5.74) is 1.62. The molecule has 0 aromatic heterocycles. The molecule has 1 heterocycles. The van der Waals surface area contributed by atoms with Gasteiger partial charge in [-0.15, -0.1) is 0 Å². The van der Waals surface area contributed by atoms with Crippen molar-refractivity contribution in [3.8, 4) is 0 Å². The van der Waals surface area contributed by atoms with Gasteiger partial charge in [0.05, 0.1) is 17.9 Å². The Morgan fingerprint density at radius 1 is 0.816 bits per heavy atom. The van der Waals surface area contributed by atoms with Crippen molar-refractivity contribution in [3.63, 3.8) is 0 Å². The quantitative estimate of drug-likeness (QED) is 0.244. The lowest BCUT2D eigenvalue weighted by atomic mass is 10.2. The molecule has 0 saturated carbocycles. The Morgan fingerprint density at radius 3 is 2.03 bits per heavy atom. The first kappa shape index (κ1) is 27.2. The number of halogens is 3. The molecule has 38 heavy (non-hydrogen) atoms. The summed E-state index contributed by atoms with van der Waals surface area (Å²) in [5.74, 6) is -2.27. The molecule has 4 rings (SSSR count). The molecular formula is C27H20Cl3N3O5. The predicted octanol–water partition coefficient (Wildman–Crippen LogP) is 6.25. The molecule has 8 nitrogen and oxygen atoms in total. The molecule has 0 spiro atoms. The Balaban J connectivity index is 1.44. The number of esters is 1. The number of nitrogens with one attached hydrogen (secondary N) is 2. The highest BCUT2D eigenvalue weighted by atomic mass is 35.5. The number of hydrogen-bond donors (Lipinski definition) is 2. The number of carbonyl (C=O) groups is 4.